The minimum absolute atomic E-state index is 0.0369. The third kappa shape index (κ3) is 2.76. The van der Waals surface area contributed by atoms with Crippen molar-refractivity contribution in [3.05, 3.63) is 30.4 Å². The van der Waals surface area contributed by atoms with Crippen LogP contribution in [0.2, 0.25) is 0 Å². The van der Waals surface area contributed by atoms with E-state index in [0.717, 1.165) is 0 Å². The number of nitrogens with two attached hydrogens (primary N) is 2. The lowest BCUT2D eigenvalue weighted by molar-refractivity contribution is 0.411. The molecule has 1 heterocycles. The largest absolute Gasteiger partial charge is 0.397 e. The summed E-state index contributed by atoms with van der Waals surface area (Å²) in [6, 6.07) is 4.17. The van der Waals surface area contributed by atoms with E-state index in [-0.39, 0.29) is 10.6 Å². The van der Waals surface area contributed by atoms with Crippen LogP contribution in [0.1, 0.15) is 5.82 Å². The first-order valence-corrected chi connectivity index (χ1v) is 6.43. The second kappa shape index (κ2) is 4.63. The van der Waals surface area contributed by atoms with E-state index in [1.54, 1.807) is 0 Å². The van der Waals surface area contributed by atoms with Crippen molar-refractivity contribution in [2.24, 2.45) is 5.14 Å². The number of rotatable bonds is 4. The van der Waals surface area contributed by atoms with E-state index in [4.69, 9.17) is 10.9 Å². The molecule has 5 N–H and O–H groups in total. The van der Waals surface area contributed by atoms with Crippen molar-refractivity contribution in [3.63, 3.8) is 0 Å². The minimum atomic E-state index is -3.75. The predicted octanol–water partition coefficient (Wildman–Crippen LogP) is -0.0887. The standard InChI is InChI=1S/C9H11N5O3S/c10-7-3-6(18(11,15)16)1-2-8(7)12-4-9-13-5-17-14-9/h1-3,5,12H,4,10H2,(H2,11,15,16). The van der Waals surface area contributed by atoms with Crippen LogP contribution in [-0.4, -0.2) is 18.6 Å². The van der Waals surface area contributed by atoms with Crippen molar-refractivity contribution < 1.29 is 12.9 Å². The zero-order chi connectivity index (χ0) is 13.2. The van der Waals surface area contributed by atoms with Crippen LogP contribution in [-0.2, 0) is 16.6 Å². The van der Waals surface area contributed by atoms with E-state index in [1.165, 1.54) is 24.6 Å². The minimum Gasteiger partial charge on any atom is -0.397 e. The summed E-state index contributed by atoms with van der Waals surface area (Å²) in [5.74, 6) is 0.463. The average Bonchev–Trinajstić information content (AvgIpc) is 2.79. The Morgan fingerprint density at radius 3 is 2.72 bits per heavy atom. The number of nitrogens with zero attached hydrogens (tertiary/aromatic N) is 2. The van der Waals surface area contributed by atoms with Gasteiger partial charge in [0.15, 0.2) is 5.82 Å². The Kier molecular flexibility index (Phi) is 3.17. The van der Waals surface area contributed by atoms with Gasteiger partial charge in [-0.1, -0.05) is 5.16 Å². The van der Waals surface area contributed by atoms with Gasteiger partial charge in [0.05, 0.1) is 22.8 Å². The summed E-state index contributed by atoms with van der Waals surface area (Å²) in [6.07, 6.45) is 1.21. The van der Waals surface area contributed by atoms with Crippen LogP contribution in [0.4, 0.5) is 11.4 Å². The van der Waals surface area contributed by atoms with Crippen molar-refractivity contribution in [2.75, 3.05) is 11.1 Å². The Bertz CT molecular complexity index is 638. The molecule has 0 aliphatic rings. The number of primary sulfonamides is 1. The summed E-state index contributed by atoms with van der Waals surface area (Å²) in [4.78, 5) is 3.78. The Labute approximate surface area is 103 Å². The van der Waals surface area contributed by atoms with Gasteiger partial charge in [-0.3, -0.25) is 0 Å². The zero-order valence-corrected chi connectivity index (χ0v) is 10.0. The van der Waals surface area contributed by atoms with E-state index in [0.29, 0.717) is 18.1 Å². The third-order valence-electron chi connectivity index (χ3n) is 2.20. The molecule has 18 heavy (non-hydrogen) atoms. The monoisotopic (exact) mass is 269 g/mol. The first-order chi connectivity index (χ1) is 8.47. The molecule has 0 aliphatic carbocycles. The number of hydrogen-bond donors (Lipinski definition) is 3. The molecule has 0 fully saturated rings. The molecule has 2 rings (SSSR count). The summed E-state index contributed by atoms with van der Waals surface area (Å²) >= 11 is 0. The highest BCUT2D eigenvalue weighted by atomic mass is 32.2. The second-order valence-corrected chi connectivity index (χ2v) is 5.06. The number of nitrogen functional groups attached to an aromatic ring is 1. The van der Waals surface area contributed by atoms with Gasteiger partial charge in [-0.2, -0.15) is 4.98 Å². The summed E-state index contributed by atoms with van der Waals surface area (Å²) in [5.41, 5.74) is 6.54. The first-order valence-electron chi connectivity index (χ1n) is 4.88. The van der Waals surface area contributed by atoms with Gasteiger partial charge in [-0.15, -0.1) is 0 Å². The second-order valence-electron chi connectivity index (χ2n) is 3.50. The predicted molar refractivity (Wildman–Crippen MR) is 63.9 cm³/mol. The molecular weight excluding hydrogens is 258 g/mol. The van der Waals surface area contributed by atoms with Crippen molar-refractivity contribution in [3.8, 4) is 0 Å². The molecular formula is C9H11N5O3S. The fourth-order valence-corrected chi connectivity index (χ4v) is 1.87. The van der Waals surface area contributed by atoms with E-state index in [9.17, 15) is 8.42 Å². The van der Waals surface area contributed by atoms with Gasteiger partial charge in [0.2, 0.25) is 16.4 Å². The maximum absolute atomic E-state index is 11.1. The van der Waals surface area contributed by atoms with Crippen LogP contribution < -0.4 is 16.2 Å². The molecule has 9 heteroatoms. The molecule has 1 aromatic carbocycles. The Morgan fingerprint density at radius 1 is 1.39 bits per heavy atom. The van der Waals surface area contributed by atoms with Crippen LogP contribution in [0, 0.1) is 0 Å². The lowest BCUT2D eigenvalue weighted by Gasteiger charge is -2.08. The van der Waals surface area contributed by atoms with Crippen molar-refractivity contribution in [2.45, 2.75) is 11.4 Å². The number of anilines is 2. The van der Waals surface area contributed by atoms with Crippen molar-refractivity contribution in [1.82, 2.24) is 10.1 Å². The summed E-state index contributed by atoms with van der Waals surface area (Å²) in [7, 11) is -3.75. The van der Waals surface area contributed by atoms with Crippen LogP contribution in [0.5, 0.6) is 0 Å². The topological polar surface area (TPSA) is 137 Å². The number of hydrogen-bond acceptors (Lipinski definition) is 7. The molecule has 96 valence electrons. The van der Waals surface area contributed by atoms with Gasteiger partial charge in [-0.05, 0) is 18.2 Å². The molecule has 8 nitrogen and oxygen atoms in total. The maximum Gasteiger partial charge on any atom is 0.238 e. The molecule has 2 aromatic rings. The van der Waals surface area contributed by atoms with Gasteiger partial charge < -0.3 is 15.6 Å². The highest BCUT2D eigenvalue weighted by Crippen LogP contribution is 2.22. The number of sulfonamides is 1. The number of aromatic nitrogens is 2. The average molecular weight is 269 g/mol. The third-order valence-corrected chi connectivity index (χ3v) is 3.11. The quantitative estimate of drug-likeness (QED) is 0.659. The smallest absolute Gasteiger partial charge is 0.238 e. The lowest BCUT2D eigenvalue weighted by atomic mass is 10.2. The molecule has 1 aromatic heterocycles. The van der Waals surface area contributed by atoms with Gasteiger partial charge in [0.25, 0.3) is 0 Å². The highest BCUT2D eigenvalue weighted by Gasteiger charge is 2.10. The van der Waals surface area contributed by atoms with Crippen LogP contribution >= 0.6 is 0 Å². The van der Waals surface area contributed by atoms with Crippen LogP contribution in [0.25, 0.3) is 0 Å². The van der Waals surface area contributed by atoms with Crippen LogP contribution in [0.15, 0.2) is 34.0 Å². The van der Waals surface area contributed by atoms with E-state index >= 15 is 0 Å². The Morgan fingerprint density at radius 2 is 2.17 bits per heavy atom. The van der Waals surface area contributed by atoms with Gasteiger partial charge >= 0.3 is 0 Å². The molecule has 0 saturated heterocycles. The molecule has 0 unspecified atom stereocenters. The SMILES string of the molecule is Nc1cc(S(N)(=O)=O)ccc1NCc1ncon1. The molecule has 0 aliphatic heterocycles. The number of nitrogens with one attached hydrogen (secondary N) is 1. The Hall–Kier alpha value is -2.13. The first kappa shape index (κ1) is 12.3. The van der Waals surface area contributed by atoms with Crippen LogP contribution in [0.3, 0.4) is 0 Å². The molecule has 0 atom stereocenters. The van der Waals surface area contributed by atoms with Gasteiger partial charge in [-0.25, -0.2) is 13.6 Å². The van der Waals surface area contributed by atoms with E-state index in [2.05, 4.69) is 20.0 Å². The highest BCUT2D eigenvalue weighted by molar-refractivity contribution is 7.89. The van der Waals surface area contributed by atoms with Gasteiger partial charge in [0, 0.05) is 0 Å². The Balaban J connectivity index is 2.15. The molecule has 0 amide bonds. The van der Waals surface area contributed by atoms with Crippen molar-refractivity contribution in [1.29, 1.82) is 0 Å². The summed E-state index contributed by atoms with van der Waals surface area (Å²) in [6.45, 7) is 0.315. The zero-order valence-electron chi connectivity index (χ0n) is 9.20. The fourth-order valence-electron chi connectivity index (χ4n) is 1.32. The molecule has 0 bridgehead atoms. The summed E-state index contributed by atoms with van der Waals surface area (Å²) in [5, 5.41) is 11.6. The van der Waals surface area contributed by atoms with E-state index < -0.39 is 10.0 Å². The normalized spacial score (nSPS) is 11.4. The summed E-state index contributed by atoms with van der Waals surface area (Å²) < 4.78 is 26.8. The molecule has 0 spiro atoms. The molecule has 0 radical (unpaired) electrons. The molecule has 0 saturated carbocycles. The van der Waals surface area contributed by atoms with Crippen molar-refractivity contribution >= 4 is 21.4 Å². The van der Waals surface area contributed by atoms with Gasteiger partial charge in [0.1, 0.15) is 0 Å². The maximum atomic E-state index is 11.1. The lowest BCUT2D eigenvalue weighted by Crippen LogP contribution is -2.13. The fraction of sp³-hybridized carbons (Fsp3) is 0.111. The van der Waals surface area contributed by atoms with E-state index in [1.807, 2.05) is 0 Å². The number of benzene rings is 1.